The standard InChI is InChI=1S/C5H11O3/c1-5(2-6,3-7)4-8/h2,6-8H,3-4H2,1H3. The molecule has 3 nitrogen and oxygen atoms in total. The van der Waals surface area contributed by atoms with Crippen molar-refractivity contribution >= 4 is 0 Å². The summed E-state index contributed by atoms with van der Waals surface area (Å²) < 4.78 is 0. The lowest BCUT2D eigenvalue weighted by atomic mass is 9.95. The Morgan fingerprint density at radius 3 is 1.75 bits per heavy atom. The highest BCUT2D eigenvalue weighted by atomic mass is 16.3. The second-order valence-corrected chi connectivity index (χ2v) is 2.10. The summed E-state index contributed by atoms with van der Waals surface area (Å²) in [5.41, 5.74) is -0.833. The van der Waals surface area contributed by atoms with E-state index in [4.69, 9.17) is 15.3 Å². The van der Waals surface area contributed by atoms with E-state index in [1.54, 1.807) is 6.92 Å². The first-order valence-electron chi connectivity index (χ1n) is 2.39. The third kappa shape index (κ3) is 1.78. The summed E-state index contributed by atoms with van der Waals surface area (Å²) in [6.07, 6.45) is 0. The number of hydrogen-bond donors (Lipinski definition) is 3. The molecular formula is C5H11O3. The number of rotatable bonds is 3. The SMILES string of the molecule is CC([CH]O)(CO)CO. The van der Waals surface area contributed by atoms with Crippen LogP contribution in [0.5, 0.6) is 0 Å². The van der Waals surface area contributed by atoms with Crippen molar-refractivity contribution in [2.75, 3.05) is 13.2 Å². The molecule has 0 saturated heterocycles. The maximum atomic E-state index is 8.43. The van der Waals surface area contributed by atoms with Crippen LogP contribution in [0.4, 0.5) is 0 Å². The van der Waals surface area contributed by atoms with Gasteiger partial charge in [0.25, 0.3) is 0 Å². The van der Waals surface area contributed by atoms with Crippen LogP contribution >= 0.6 is 0 Å². The Balaban J connectivity index is 3.58. The van der Waals surface area contributed by atoms with Crippen LogP contribution in [0.15, 0.2) is 0 Å². The van der Waals surface area contributed by atoms with Crippen LogP contribution in [0.25, 0.3) is 0 Å². The van der Waals surface area contributed by atoms with Gasteiger partial charge in [-0.15, -0.1) is 0 Å². The summed E-state index contributed by atoms with van der Waals surface area (Å²) in [7, 11) is 0. The molecule has 0 aliphatic rings. The molecule has 0 unspecified atom stereocenters. The monoisotopic (exact) mass is 119 g/mol. The van der Waals surface area contributed by atoms with Crippen molar-refractivity contribution in [3.8, 4) is 0 Å². The predicted molar refractivity (Wildman–Crippen MR) is 28.5 cm³/mol. The van der Waals surface area contributed by atoms with Gasteiger partial charge < -0.3 is 15.3 Å². The highest BCUT2D eigenvalue weighted by Crippen LogP contribution is 2.14. The number of aliphatic hydroxyl groups is 3. The van der Waals surface area contributed by atoms with E-state index in [2.05, 4.69) is 0 Å². The van der Waals surface area contributed by atoms with E-state index in [9.17, 15) is 0 Å². The molecule has 0 heterocycles. The first-order valence-corrected chi connectivity index (χ1v) is 2.39. The smallest absolute Gasteiger partial charge is 0.0903 e. The molecule has 0 saturated carbocycles. The quantitative estimate of drug-likeness (QED) is 0.470. The van der Waals surface area contributed by atoms with Gasteiger partial charge in [-0.25, -0.2) is 0 Å². The minimum atomic E-state index is -0.833. The van der Waals surface area contributed by atoms with Gasteiger partial charge in [-0.1, -0.05) is 6.92 Å². The molecular weight excluding hydrogens is 108 g/mol. The Hall–Kier alpha value is -0.120. The molecule has 0 aromatic carbocycles. The average Bonchev–Trinajstić information content (AvgIpc) is 1.87. The molecule has 3 N–H and O–H groups in total. The molecule has 0 amide bonds. The summed E-state index contributed by atoms with van der Waals surface area (Å²) >= 11 is 0. The lowest BCUT2D eigenvalue weighted by Gasteiger charge is -2.19. The molecule has 0 atom stereocenters. The van der Waals surface area contributed by atoms with Crippen LogP contribution in [0.2, 0.25) is 0 Å². The van der Waals surface area contributed by atoms with E-state index in [-0.39, 0.29) is 13.2 Å². The first kappa shape index (κ1) is 7.88. The van der Waals surface area contributed by atoms with Gasteiger partial charge in [-0.05, 0) is 0 Å². The van der Waals surface area contributed by atoms with E-state index in [0.717, 1.165) is 6.61 Å². The molecule has 0 aliphatic heterocycles. The van der Waals surface area contributed by atoms with Gasteiger partial charge in [0.1, 0.15) is 0 Å². The van der Waals surface area contributed by atoms with Crippen molar-refractivity contribution in [2.45, 2.75) is 6.92 Å². The molecule has 0 rings (SSSR count). The van der Waals surface area contributed by atoms with E-state index in [1.807, 2.05) is 0 Å². The molecule has 1 radical (unpaired) electrons. The minimum Gasteiger partial charge on any atom is -0.396 e. The van der Waals surface area contributed by atoms with Crippen LogP contribution in [-0.2, 0) is 0 Å². The number of hydrogen-bond acceptors (Lipinski definition) is 3. The lowest BCUT2D eigenvalue weighted by molar-refractivity contribution is 0.0578. The Morgan fingerprint density at radius 2 is 1.75 bits per heavy atom. The molecule has 0 aromatic rings. The van der Waals surface area contributed by atoms with E-state index < -0.39 is 5.41 Å². The van der Waals surface area contributed by atoms with Crippen LogP contribution in [0.3, 0.4) is 0 Å². The van der Waals surface area contributed by atoms with Gasteiger partial charge in [0.2, 0.25) is 0 Å². The Labute approximate surface area is 48.6 Å². The first-order chi connectivity index (χ1) is 3.68. The van der Waals surface area contributed by atoms with Crippen LogP contribution in [0.1, 0.15) is 6.92 Å². The molecule has 0 aliphatic carbocycles. The predicted octanol–water partition coefficient (Wildman–Crippen LogP) is -0.488. The lowest BCUT2D eigenvalue weighted by Crippen LogP contribution is -2.26. The molecule has 0 aromatic heterocycles. The summed E-state index contributed by atoms with van der Waals surface area (Å²) in [5.74, 6) is 0. The van der Waals surface area contributed by atoms with Gasteiger partial charge in [0.15, 0.2) is 0 Å². The molecule has 0 bridgehead atoms. The summed E-state index contributed by atoms with van der Waals surface area (Å²) in [6.45, 7) is 1.88. The fourth-order valence-corrected chi connectivity index (χ4v) is 0.132. The molecule has 8 heavy (non-hydrogen) atoms. The maximum Gasteiger partial charge on any atom is 0.0903 e. The second kappa shape index (κ2) is 3.02. The van der Waals surface area contributed by atoms with Gasteiger partial charge >= 0.3 is 0 Å². The largest absolute Gasteiger partial charge is 0.396 e. The summed E-state index contributed by atoms with van der Waals surface area (Å²) in [6, 6.07) is 0. The Bertz CT molecular complexity index is 50.4. The highest BCUT2D eigenvalue weighted by Gasteiger charge is 2.20. The minimum absolute atomic E-state index is 0.236. The van der Waals surface area contributed by atoms with E-state index in [1.165, 1.54) is 0 Å². The van der Waals surface area contributed by atoms with Crippen LogP contribution < -0.4 is 0 Å². The Kier molecular flexibility index (Phi) is 2.97. The van der Waals surface area contributed by atoms with Crippen molar-refractivity contribution in [2.24, 2.45) is 5.41 Å². The van der Waals surface area contributed by atoms with Crippen molar-refractivity contribution in [1.82, 2.24) is 0 Å². The summed E-state index contributed by atoms with van der Waals surface area (Å²) in [5, 5.41) is 25.2. The molecule has 49 valence electrons. The van der Waals surface area contributed by atoms with E-state index in [0.29, 0.717) is 0 Å². The normalized spacial score (nSPS) is 12.0. The maximum absolute atomic E-state index is 8.43. The second-order valence-electron chi connectivity index (χ2n) is 2.10. The van der Waals surface area contributed by atoms with Crippen molar-refractivity contribution < 1.29 is 15.3 Å². The topological polar surface area (TPSA) is 60.7 Å². The molecule has 0 fully saturated rings. The van der Waals surface area contributed by atoms with Crippen molar-refractivity contribution in [1.29, 1.82) is 0 Å². The Morgan fingerprint density at radius 1 is 1.38 bits per heavy atom. The molecule has 3 heteroatoms. The third-order valence-corrected chi connectivity index (χ3v) is 1.03. The van der Waals surface area contributed by atoms with Gasteiger partial charge in [0, 0.05) is 5.41 Å². The zero-order valence-electron chi connectivity index (χ0n) is 4.83. The zero-order valence-corrected chi connectivity index (χ0v) is 4.83. The van der Waals surface area contributed by atoms with Crippen LogP contribution in [-0.4, -0.2) is 28.5 Å². The zero-order chi connectivity index (χ0) is 6.62. The summed E-state index contributed by atoms with van der Waals surface area (Å²) in [4.78, 5) is 0. The average molecular weight is 119 g/mol. The van der Waals surface area contributed by atoms with Crippen LogP contribution in [0, 0.1) is 12.0 Å². The van der Waals surface area contributed by atoms with Crippen molar-refractivity contribution in [3.05, 3.63) is 6.61 Å². The van der Waals surface area contributed by atoms with Gasteiger partial charge in [-0.3, -0.25) is 0 Å². The van der Waals surface area contributed by atoms with Gasteiger partial charge in [0.05, 0.1) is 19.8 Å². The fraction of sp³-hybridized carbons (Fsp3) is 0.800. The fourth-order valence-electron chi connectivity index (χ4n) is 0.132. The molecule has 0 spiro atoms. The van der Waals surface area contributed by atoms with Gasteiger partial charge in [-0.2, -0.15) is 0 Å². The highest BCUT2D eigenvalue weighted by molar-refractivity contribution is 4.78. The number of aliphatic hydroxyl groups excluding tert-OH is 3. The van der Waals surface area contributed by atoms with E-state index >= 15 is 0 Å². The van der Waals surface area contributed by atoms with Crippen molar-refractivity contribution in [3.63, 3.8) is 0 Å². The third-order valence-electron chi connectivity index (χ3n) is 1.03.